The predicted molar refractivity (Wildman–Crippen MR) is 86.4 cm³/mol. The molecule has 1 aromatic heterocycles. The van der Waals surface area contributed by atoms with E-state index in [1.165, 1.54) is 14.2 Å². The zero-order chi connectivity index (χ0) is 19.3. The first-order valence-electron chi connectivity index (χ1n) is 7.25. The molecule has 0 radical (unpaired) electrons. The maximum Gasteiger partial charge on any atom is 0.451 e. The van der Waals surface area contributed by atoms with E-state index in [0.717, 1.165) is 21.9 Å². The normalized spacial score (nSPS) is 11.3. The van der Waals surface area contributed by atoms with E-state index in [1.54, 1.807) is 24.3 Å². The number of hydrogen-bond donors (Lipinski definition) is 1. The summed E-state index contributed by atoms with van der Waals surface area (Å²) < 4.78 is 43.3. The minimum Gasteiger partial charge on any atom is -0.465 e. The highest BCUT2D eigenvalue weighted by Gasteiger charge is 2.37. The number of methoxy groups -OCH3 is 1. The summed E-state index contributed by atoms with van der Waals surface area (Å²) in [7, 11) is 2.47. The van der Waals surface area contributed by atoms with Crippen molar-refractivity contribution in [2.24, 2.45) is 7.05 Å². The number of carbonyl (C=O) groups excluding carboxylic acids is 2. The van der Waals surface area contributed by atoms with Crippen LogP contribution in [0.25, 0.3) is 0 Å². The van der Waals surface area contributed by atoms with Crippen molar-refractivity contribution in [3.63, 3.8) is 0 Å². The number of amides is 1. The smallest absolute Gasteiger partial charge is 0.451 e. The van der Waals surface area contributed by atoms with E-state index in [1.807, 2.05) is 0 Å². The number of nitrogens with zero attached hydrogens (tertiary/aromatic N) is 3. The first-order chi connectivity index (χ1) is 12.2. The molecule has 11 heteroatoms. The third-order valence-electron chi connectivity index (χ3n) is 3.29. The lowest BCUT2D eigenvalue weighted by Crippen LogP contribution is -2.24. The summed E-state index contributed by atoms with van der Waals surface area (Å²) in [6.45, 7) is 0.216. The molecule has 0 saturated carbocycles. The van der Waals surface area contributed by atoms with Crippen molar-refractivity contribution >= 4 is 23.6 Å². The fourth-order valence-corrected chi connectivity index (χ4v) is 2.69. The number of alkyl halides is 3. The predicted octanol–water partition coefficient (Wildman–Crippen LogP) is 2.03. The Kier molecular flexibility index (Phi) is 6.24. The molecular formula is C15H15F3N4O3S. The molecule has 140 valence electrons. The largest absolute Gasteiger partial charge is 0.465 e. The lowest BCUT2D eigenvalue weighted by Gasteiger charge is -2.07. The van der Waals surface area contributed by atoms with Gasteiger partial charge in [0.1, 0.15) is 0 Å². The van der Waals surface area contributed by atoms with Crippen LogP contribution in [0.2, 0.25) is 0 Å². The molecule has 0 saturated heterocycles. The van der Waals surface area contributed by atoms with E-state index in [0.29, 0.717) is 5.56 Å². The van der Waals surface area contributed by atoms with Gasteiger partial charge in [-0.2, -0.15) is 13.2 Å². The highest BCUT2D eigenvalue weighted by molar-refractivity contribution is 7.99. The van der Waals surface area contributed by atoms with Crippen LogP contribution in [0.4, 0.5) is 13.2 Å². The van der Waals surface area contributed by atoms with Gasteiger partial charge in [0.2, 0.25) is 11.7 Å². The molecule has 0 bridgehead atoms. The zero-order valence-corrected chi connectivity index (χ0v) is 14.6. The molecule has 0 aliphatic carbocycles. The second kappa shape index (κ2) is 8.21. The third-order valence-corrected chi connectivity index (χ3v) is 4.31. The van der Waals surface area contributed by atoms with Crippen molar-refractivity contribution in [2.75, 3.05) is 12.9 Å². The van der Waals surface area contributed by atoms with Crippen molar-refractivity contribution in [2.45, 2.75) is 17.9 Å². The summed E-state index contributed by atoms with van der Waals surface area (Å²) in [6, 6.07) is 6.47. The summed E-state index contributed by atoms with van der Waals surface area (Å²) in [5.74, 6) is -2.06. The van der Waals surface area contributed by atoms with E-state index in [2.05, 4.69) is 20.3 Å². The molecular weight excluding hydrogens is 373 g/mol. The number of benzene rings is 1. The topological polar surface area (TPSA) is 86.1 Å². The summed E-state index contributed by atoms with van der Waals surface area (Å²) in [6.07, 6.45) is -4.60. The number of nitrogens with one attached hydrogen (secondary N) is 1. The van der Waals surface area contributed by atoms with Crippen molar-refractivity contribution < 1.29 is 27.5 Å². The molecule has 0 aliphatic rings. The van der Waals surface area contributed by atoms with Crippen molar-refractivity contribution in [3.8, 4) is 0 Å². The van der Waals surface area contributed by atoms with Gasteiger partial charge in [0, 0.05) is 13.6 Å². The van der Waals surface area contributed by atoms with Crippen LogP contribution < -0.4 is 5.32 Å². The van der Waals surface area contributed by atoms with Gasteiger partial charge >= 0.3 is 12.1 Å². The molecule has 26 heavy (non-hydrogen) atoms. The molecule has 2 rings (SSSR count). The van der Waals surface area contributed by atoms with Crippen LogP contribution in [0.15, 0.2) is 29.4 Å². The molecule has 0 aliphatic heterocycles. The Bertz CT molecular complexity index is 790. The van der Waals surface area contributed by atoms with Crippen LogP contribution >= 0.6 is 11.8 Å². The lowest BCUT2D eigenvalue weighted by molar-refractivity contribution is -0.147. The second-order valence-corrected chi connectivity index (χ2v) is 6.06. The number of thioether (sulfide) groups is 1. The Hall–Kier alpha value is -2.56. The van der Waals surface area contributed by atoms with E-state index in [4.69, 9.17) is 0 Å². The first-order valence-corrected chi connectivity index (χ1v) is 8.24. The van der Waals surface area contributed by atoms with Crippen LogP contribution in [0.5, 0.6) is 0 Å². The number of aromatic nitrogens is 3. The Morgan fingerprint density at radius 1 is 1.23 bits per heavy atom. The van der Waals surface area contributed by atoms with Crippen LogP contribution in [-0.4, -0.2) is 39.5 Å². The summed E-state index contributed by atoms with van der Waals surface area (Å²) in [5, 5.41) is 9.15. The van der Waals surface area contributed by atoms with Crippen LogP contribution in [0, 0.1) is 0 Å². The molecule has 0 atom stereocenters. The number of ether oxygens (including phenoxy) is 1. The molecule has 0 spiro atoms. The highest BCUT2D eigenvalue weighted by Crippen LogP contribution is 2.29. The van der Waals surface area contributed by atoms with Gasteiger partial charge in [0.15, 0.2) is 5.16 Å². The van der Waals surface area contributed by atoms with Crippen molar-refractivity contribution in [1.82, 2.24) is 20.1 Å². The molecule has 0 unspecified atom stereocenters. The van der Waals surface area contributed by atoms with Gasteiger partial charge in [-0.15, -0.1) is 10.2 Å². The maximum absolute atomic E-state index is 12.6. The van der Waals surface area contributed by atoms with Gasteiger partial charge in [-0.05, 0) is 17.7 Å². The first kappa shape index (κ1) is 19.8. The Morgan fingerprint density at radius 3 is 2.42 bits per heavy atom. The molecule has 1 heterocycles. The fraction of sp³-hybridized carbons (Fsp3) is 0.333. The third kappa shape index (κ3) is 4.97. The van der Waals surface area contributed by atoms with Gasteiger partial charge in [0.25, 0.3) is 0 Å². The number of carbonyl (C=O) groups is 2. The quantitative estimate of drug-likeness (QED) is 0.602. The zero-order valence-electron chi connectivity index (χ0n) is 13.8. The second-order valence-electron chi connectivity index (χ2n) is 5.12. The Balaban J connectivity index is 1.84. The van der Waals surface area contributed by atoms with Crippen molar-refractivity contribution in [1.29, 1.82) is 0 Å². The number of rotatable bonds is 6. The van der Waals surface area contributed by atoms with Crippen molar-refractivity contribution in [3.05, 3.63) is 41.2 Å². The van der Waals surface area contributed by atoms with Crippen LogP contribution in [0.1, 0.15) is 21.7 Å². The van der Waals surface area contributed by atoms with Gasteiger partial charge in [-0.1, -0.05) is 23.9 Å². The van der Waals surface area contributed by atoms with E-state index in [9.17, 15) is 22.8 Å². The SMILES string of the molecule is COC(=O)c1ccc(CNC(=O)CSc2nnc(C(F)(F)F)n2C)cc1. The van der Waals surface area contributed by atoms with Gasteiger partial charge in [-0.25, -0.2) is 4.79 Å². The number of esters is 1. The molecule has 7 nitrogen and oxygen atoms in total. The Morgan fingerprint density at radius 2 is 1.88 bits per heavy atom. The Labute approximate surface area is 150 Å². The molecule has 1 N–H and O–H groups in total. The highest BCUT2D eigenvalue weighted by atomic mass is 32.2. The van der Waals surface area contributed by atoms with Gasteiger partial charge in [-0.3, -0.25) is 4.79 Å². The van der Waals surface area contributed by atoms with E-state index < -0.39 is 18.0 Å². The fourth-order valence-electron chi connectivity index (χ4n) is 1.95. The molecule has 1 aromatic carbocycles. The average molecular weight is 388 g/mol. The summed E-state index contributed by atoms with van der Waals surface area (Å²) >= 11 is 0.853. The molecule has 1 amide bonds. The summed E-state index contributed by atoms with van der Waals surface area (Å²) in [5.41, 5.74) is 1.15. The molecule has 2 aromatic rings. The lowest BCUT2D eigenvalue weighted by atomic mass is 10.1. The monoisotopic (exact) mass is 388 g/mol. The van der Waals surface area contributed by atoms with Crippen LogP contribution in [-0.2, 0) is 29.3 Å². The van der Waals surface area contributed by atoms with Crippen LogP contribution in [0.3, 0.4) is 0 Å². The van der Waals surface area contributed by atoms with Gasteiger partial charge < -0.3 is 14.6 Å². The maximum atomic E-state index is 12.6. The minimum atomic E-state index is -4.60. The standard InChI is InChI=1S/C15H15F3N4O3S/c1-22-13(15(16,17)18)20-21-14(22)26-8-11(23)19-7-9-3-5-10(6-4-9)12(24)25-2/h3-6H,7-8H2,1-2H3,(H,19,23). The summed E-state index contributed by atoms with van der Waals surface area (Å²) in [4.78, 5) is 23.2. The van der Waals surface area contributed by atoms with Gasteiger partial charge in [0.05, 0.1) is 18.4 Å². The van der Waals surface area contributed by atoms with E-state index in [-0.39, 0.29) is 23.4 Å². The number of halogens is 3. The minimum absolute atomic E-state index is 0.00472. The van der Waals surface area contributed by atoms with E-state index >= 15 is 0 Å². The molecule has 0 fully saturated rings. The average Bonchev–Trinajstić information content (AvgIpc) is 2.98. The number of hydrogen-bond acceptors (Lipinski definition) is 6.